The monoisotopic (exact) mass is 1440 g/mol. The predicted octanol–water partition coefficient (Wildman–Crippen LogP) is -10.6. The summed E-state index contributed by atoms with van der Waals surface area (Å²) in [6.07, 6.45) is -30.7. The topological polar surface area (TPSA) is 594 Å². The van der Waals surface area contributed by atoms with E-state index in [1.807, 2.05) is 6.92 Å². The lowest BCUT2D eigenvalue weighted by Gasteiger charge is -2.46. The molecule has 4 saturated heterocycles. The van der Waals surface area contributed by atoms with Crippen molar-refractivity contribution in [3.05, 3.63) is 95.6 Å². The van der Waals surface area contributed by atoms with Crippen molar-refractivity contribution in [1.29, 1.82) is 0 Å². The SMILES string of the molecule is CCCOc1ccc(COC[C@H]2O[C@H](O[C@H]3[C@H](O)[C@H](O)[C@@H](Oc4ccc(C[C@H]5NC(=O)[C@H](C(C)c6ccccc6)NC(=O)CNC(=O)[C@H](CO)NC(=O)[C@@H](C(O)C6CN=C(N)N6[C@H]6O[C@H](CO)[C@@H](O)[C@H](O)[C@@H]6O)NC(=O)[C@H](C(O)C6CN=C(N)N6)NC5=O)cc4)O[C@@H]3CO)[C@@H](O)[C@@H](O)[C@@H]2O)cc1. The van der Waals surface area contributed by atoms with Crippen molar-refractivity contribution < 1.29 is 128 Å². The molecule has 0 aromatic heterocycles. The Labute approximate surface area is 582 Å². The number of carbonyl (C=O) groups is 6. The van der Waals surface area contributed by atoms with Gasteiger partial charge in [0.15, 0.2) is 24.4 Å². The van der Waals surface area contributed by atoms with Crippen LogP contribution in [0.3, 0.4) is 0 Å². The Bertz CT molecular complexity index is 3370. The van der Waals surface area contributed by atoms with Gasteiger partial charge in [-0.1, -0.05) is 68.4 Å². The van der Waals surface area contributed by atoms with E-state index in [4.69, 9.17) is 44.6 Å². The summed E-state index contributed by atoms with van der Waals surface area (Å²) < 4.78 is 40.6. The van der Waals surface area contributed by atoms with Crippen molar-refractivity contribution in [2.24, 2.45) is 21.5 Å². The Morgan fingerprint density at radius 1 is 0.578 bits per heavy atom. The van der Waals surface area contributed by atoms with E-state index in [2.05, 4.69) is 47.2 Å². The molecular formula is C64H90N12O26. The lowest BCUT2D eigenvalue weighted by Crippen LogP contribution is -2.70. The normalized spacial score (nSPS) is 34.7. The second-order valence-electron chi connectivity index (χ2n) is 25.4. The van der Waals surface area contributed by atoms with Crippen LogP contribution in [0.15, 0.2) is 88.8 Å². The van der Waals surface area contributed by atoms with E-state index in [1.165, 1.54) is 24.3 Å². The van der Waals surface area contributed by atoms with Gasteiger partial charge in [-0.15, -0.1) is 0 Å². The largest absolute Gasteiger partial charge is 0.494 e. The van der Waals surface area contributed by atoms with Crippen LogP contribution >= 0.6 is 0 Å². The number of nitrogens with zero attached hydrogens (tertiary/aromatic N) is 3. The maximum absolute atomic E-state index is 15.2. The summed E-state index contributed by atoms with van der Waals surface area (Å²) in [5.74, 6) is -8.33. The molecule has 6 aliphatic heterocycles. The molecule has 3 aromatic carbocycles. The number of benzene rings is 3. The number of aliphatic hydroxyl groups is 13. The van der Waals surface area contributed by atoms with Crippen LogP contribution in [0.2, 0.25) is 0 Å². The predicted molar refractivity (Wildman–Crippen MR) is 348 cm³/mol. The van der Waals surface area contributed by atoms with Crippen molar-refractivity contribution in [2.45, 2.75) is 186 Å². The highest BCUT2D eigenvalue weighted by Gasteiger charge is 2.54. The number of hydrogen-bond acceptors (Lipinski definition) is 32. The Kier molecular flexibility index (Phi) is 27.1. The van der Waals surface area contributed by atoms with Gasteiger partial charge in [0.05, 0.1) is 71.4 Å². The molecule has 102 heavy (non-hydrogen) atoms. The Morgan fingerprint density at radius 2 is 1.18 bits per heavy atom. The van der Waals surface area contributed by atoms with Crippen LogP contribution in [0, 0.1) is 0 Å². The highest BCUT2D eigenvalue weighted by atomic mass is 16.7. The lowest BCUT2D eigenvalue weighted by molar-refractivity contribution is -0.353. The zero-order valence-electron chi connectivity index (χ0n) is 55.3. The van der Waals surface area contributed by atoms with E-state index in [1.54, 1.807) is 61.5 Å². The molecule has 38 heteroatoms. The second-order valence-corrected chi connectivity index (χ2v) is 25.4. The van der Waals surface area contributed by atoms with Gasteiger partial charge in [0, 0.05) is 12.3 Å². The summed E-state index contributed by atoms with van der Waals surface area (Å²) >= 11 is 0. The minimum absolute atomic E-state index is 0.0509. The maximum atomic E-state index is 15.2. The molecule has 38 nitrogen and oxygen atoms in total. The van der Waals surface area contributed by atoms with Gasteiger partial charge in [0.2, 0.25) is 41.7 Å². The van der Waals surface area contributed by atoms with Crippen LogP contribution in [0.4, 0.5) is 0 Å². The first kappa shape index (κ1) is 78.0. The van der Waals surface area contributed by atoms with Crippen LogP contribution < -0.4 is 58.2 Å². The van der Waals surface area contributed by atoms with Crippen molar-refractivity contribution in [3.63, 3.8) is 0 Å². The van der Waals surface area contributed by atoms with Crippen molar-refractivity contribution in [1.82, 2.24) is 42.1 Å². The van der Waals surface area contributed by atoms with E-state index in [9.17, 15) is 85.6 Å². The van der Waals surface area contributed by atoms with Gasteiger partial charge in [0.1, 0.15) is 127 Å². The summed E-state index contributed by atoms with van der Waals surface area (Å²) in [4.78, 5) is 96.6. The first-order valence-corrected chi connectivity index (χ1v) is 33.0. The van der Waals surface area contributed by atoms with Crippen molar-refractivity contribution in [2.75, 3.05) is 52.7 Å². The lowest BCUT2D eigenvalue weighted by atomic mass is 9.92. The van der Waals surface area contributed by atoms with Gasteiger partial charge in [-0.2, -0.15) is 0 Å². The van der Waals surface area contributed by atoms with Crippen LogP contribution in [0.5, 0.6) is 11.5 Å². The van der Waals surface area contributed by atoms with Gasteiger partial charge in [-0.25, -0.2) is 0 Å². The summed E-state index contributed by atoms with van der Waals surface area (Å²) in [5.41, 5.74) is 13.6. The Hall–Kier alpha value is -8.10. The second kappa shape index (κ2) is 35.4. The van der Waals surface area contributed by atoms with Crippen LogP contribution in [0.25, 0.3) is 0 Å². The number of amides is 6. The zero-order chi connectivity index (χ0) is 73.8. The Morgan fingerprint density at radius 3 is 1.83 bits per heavy atom. The molecule has 5 unspecified atom stereocenters. The third-order valence-corrected chi connectivity index (χ3v) is 18.3. The average Bonchev–Trinajstić information content (AvgIpc) is 1.44. The number of nitrogens with one attached hydrogen (secondary N) is 7. The minimum Gasteiger partial charge on any atom is -0.494 e. The molecular weight excluding hydrogens is 1350 g/mol. The van der Waals surface area contributed by atoms with E-state index in [-0.39, 0.29) is 37.0 Å². The molecule has 0 bridgehead atoms. The average molecular weight is 1440 g/mol. The molecule has 3 aromatic rings. The number of hydrogen-bond donors (Lipinski definition) is 22. The van der Waals surface area contributed by atoms with Crippen LogP contribution in [-0.4, -0.2) is 318 Å². The maximum Gasteiger partial charge on any atom is 0.246 e. The molecule has 562 valence electrons. The molecule has 4 fully saturated rings. The van der Waals surface area contributed by atoms with Gasteiger partial charge in [-0.05, 0) is 47.4 Å². The smallest absolute Gasteiger partial charge is 0.246 e. The number of carbonyl (C=O) groups excluding carboxylic acids is 6. The standard InChI is InChI=1S/C64H90N12O26/c1-3-17-97-31-13-11-29(12-14-31)25-96-26-39-47(84)49(86)52(89)62(101-39)102-54-38(24-79)100-61(53(90)50(54)87)98-32-15-9-28(10-16-32)18-33-56(92)74-42(44(81)34-19-68-63(65)72-34)59(95)75-43(45(82)36-20-69-64(66)76(36)60-51(88)48(85)46(83)37(23-78)99-60)58(94)71-35(22-77)55(91)67-21-40(80)73-41(57(93)70-33)27(2)30-7-5-4-6-8-30/h4-16,27,33-39,41-54,60-62,77-79,81-90H,3,17-26H2,1-2H3,(H2,66,69)(H,67,91)(H,70,93)(H,71,94)(H,73,80)(H,74,92)(H,75,95)(H3,65,68,72)/t27?,33-,34?,35+,36?,37-,38-,39-,41+,42+,43-,44?,45?,46-,47-,48+,49+,50-,51+,52+,53+,54-,60+,61+,62-/m1/s1. The van der Waals surface area contributed by atoms with E-state index >= 15 is 9.59 Å². The first-order valence-electron chi connectivity index (χ1n) is 33.0. The number of aliphatic imine (C=N–C) groups is 2. The van der Waals surface area contributed by atoms with E-state index in [0.29, 0.717) is 17.9 Å². The summed E-state index contributed by atoms with van der Waals surface area (Å²) in [5, 5.41) is 161. The highest BCUT2D eigenvalue weighted by Crippen LogP contribution is 2.33. The van der Waals surface area contributed by atoms with Crippen LogP contribution in [0.1, 0.15) is 42.9 Å². The molecule has 9 rings (SSSR count). The molecule has 25 atom stereocenters. The summed E-state index contributed by atoms with van der Waals surface area (Å²) in [6, 6.07) is 7.94. The number of aliphatic hydroxyl groups excluding tert-OH is 13. The first-order chi connectivity index (χ1) is 48.7. The molecule has 0 spiro atoms. The number of guanidine groups is 2. The number of nitrogens with two attached hydrogens (primary N) is 2. The Balaban J connectivity index is 0.965. The van der Waals surface area contributed by atoms with Crippen molar-refractivity contribution >= 4 is 47.4 Å². The molecule has 6 aliphatic rings. The third kappa shape index (κ3) is 18.4. The van der Waals surface area contributed by atoms with E-state index < -0.39 is 233 Å². The fourth-order valence-corrected chi connectivity index (χ4v) is 12.4. The highest BCUT2D eigenvalue weighted by molar-refractivity contribution is 5.98. The quantitative estimate of drug-likeness (QED) is 0.0419. The molecule has 0 aliphatic carbocycles. The summed E-state index contributed by atoms with van der Waals surface area (Å²) in [6.45, 7) is -0.901. The number of rotatable bonds is 23. The summed E-state index contributed by atoms with van der Waals surface area (Å²) in [7, 11) is 0. The van der Waals surface area contributed by atoms with Gasteiger partial charge in [0.25, 0.3) is 0 Å². The number of ether oxygens (including phenoxy) is 7. The van der Waals surface area contributed by atoms with Crippen molar-refractivity contribution in [3.8, 4) is 11.5 Å². The third-order valence-electron chi connectivity index (χ3n) is 18.3. The molecule has 0 saturated carbocycles. The molecule has 6 amide bonds. The fraction of sp³-hybridized carbons (Fsp3) is 0.594. The van der Waals surface area contributed by atoms with Gasteiger partial charge in [-0.3, -0.25) is 38.8 Å². The van der Waals surface area contributed by atoms with Crippen LogP contribution in [-0.2, 0) is 65.5 Å². The van der Waals surface area contributed by atoms with Gasteiger partial charge < -0.3 is 153 Å². The minimum atomic E-state index is -2.35. The van der Waals surface area contributed by atoms with E-state index in [0.717, 1.165) is 16.9 Å². The van der Waals surface area contributed by atoms with Gasteiger partial charge >= 0.3 is 0 Å². The molecule has 0 radical (unpaired) electrons. The fourth-order valence-electron chi connectivity index (χ4n) is 12.4. The zero-order valence-corrected chi connectivity index (χ0v) is 55.3. The molecule has 6 heterocycles. The molecule has 24 N–H and O–H groups in total.